The number of nitrogens with one attached hydrogen (secondary N) is 1. The minimum Gasteiger partial charge on any atom is -0.504 e. The topological polar surface area (TPSA) is 108 Å². The lowest BCUT2D eigenvalue weighted by molar-refractivity contribution is -0.141. The van der Waals surface area contributed by atoms with E-state index in [9.17, 15) is 18.3 Å². The van der Waals surface area contributed by atoms with Gasteiger partial charge in [-0.15, -0.1) is 0 Å². The number of phenols is 1. The van der Waals surface area contributed by atoms with Crippen LogP contribution >= 0.6 is 0 Å². The van der Waals surface area contributed by atoms with Gasteiger partial charge in [-0.2, -0.15) is 5.10 Å². The fourth-order valence-corrected chi connectivity index (χ4v) is 3.96. The first-order valence-corrected chi connectivity index (χ1v) is 11.6. The third kappa shape index (κ3) is 4.99. The molecule has 2 N–H and O–H groups in total. The van der Waals surface area contributed by atoms with E-state index in [0.29, 0.717) is 34.7 Å². The molecule has 0 bridgehead atoms. The average molecular weight is 446 g/mol. The van der Waals surface area contributed by atoms with Crippen LogP contribution in [0, 0.1) is 5.41 Å². The van der Waals surface area contributed by atoms with E-state index in [2.05, 4.69) is 9.82 Å². The van der Waals surface area contributed by atoms with Crippen molar-refractivity contribution in [1.29, 1.82) is 0 Å². The van der Waals surface area contributed by atoms with Crippen LogP contribution in [0.25, 0.3) is 0 Å². The van der Waals surface area contributed by atoms with Gasteiger partial charge in [0.1, 0.15) is 0 Å². The summed E-state index contributed by atoms with van der Waals surface area (Å²) in [7, 11) is -1.96. The quantitative estimate of drug-likeness (QED) is 0.732. The number of benzene rings is 2. The maximum Gasteiger partial charge on any atom is 0.248 e. The highest BCUT2D eigenvalue weighted by Crippen LogP contribution is 2.42. The van der Waals surface area contributed by atoms with Crippen molar-refractivity contribution in [1.82, 2.24) is 5.01 Å². The van der Waals surface area contributed by atoms with E-state index in [-0.39, 0.29) is 11.7 Å². The zero-order chi connectivity index (χ0) is 23.0. The van der Waals surface area contributed by atoms with E-state index in [0.717, 1.165) is 6.26 Å². The summed E-state index contributed by atoms with van der Waals surface area (Å²) in [5.74, 6) is 0.0826. The summed E-state index contributed by atoms with van der Waals surface area (Å²) >= 11 is 0. The Hall–Kier alpha value is -3.07. The number of rotatable bonds is 5. The molecule has 31 heavy (non-hydrogen) atoms. The number of phenolic OH excluding ortho intramolecular Hbond substituents is 1. The van der Waals surface area contributed by atoms with E-state index >= 15 is 0 Å². The smallest absolute Gasteiger partial charge is 0.248 e. The zero-order valence-corrected chi connectivity index (χ0v) is 19.0. The first-order chi connectivity index (χ1) is 14.4. The maximum atomic E-state index is 13.2. The summed E-state index contributed by atoms with van der Waals surface area (Å²) in [6, 6.07) is 11.5. The number of anilines is 1. The number of amides is 1. The number of methoxy groups -OCH3 is 1. The van der Waals surface area contributed by atoms with Gasteiger partial charge in [0.05, 0.1) is 25.1 Å². The molecule has 1 aliphatic heterocycles. The van der Waals surface area contributed by atoms with Crippen molar-refractivity contribution in [3.8, 4) is 11.5 Å². The molecular weight excluding hydrogens is 418 g/mol. The van der Waals surface area contributed by atoms with Gasteiger partial charge < -0.3 is 9.84 Å². The summed E-state index contributed by atoms with van der Waals surface area (Å²) in [5.41, 5.74) is 1.54. The van der Waals surface area contributed by atoms with E-state index in [1.165, 1.54) is 12.1 Å². The van der Waals surface area contributed by atoms with Gasteiger partial charge in [0, 0.05) is 23.1 Å². The minimum atomic E-state index is -3.43. The monoisotopic (exact) mass is 445 g/mol. The second kappa shape index (κ2) is 8.22. The van der Waals surface area contributed by atoms with Crippen molar-refractivity contribution >= 4 is 27.3 Å². The molecule has 2 aromatic carbocycles. The second-order valence-electron chi connectivity index (χ2n) is 8.52. The summed E-state index contributed by atoms with van der Waals surface area (Å²) in [6.07, 6.45) is 1.43. The number of hydrogen-bond donors (Lipinski definition) is 2. The Kier molecular flexibility index (Phi) is 6.00. The third-order valence-electron chi connectivity index (χ3n) is 4.87. The number of carbonyl (C=O) groups is 1. The molecule has 1 atom stereocenters. The summed E-state index contributed by atoms with van der Waals surface area (Å²) in [4.78, 5) is 13.2. The SMILES string of the molecule is COc1cccc(C2CC(c3cccc(NS(C)(=O)=O)c3)=NN2C(=O)C(C)(C)C)c1O. The van der Waals surface area contributed by atoms with Crippen molar-refractivity contribution in [2.75, 3.05) is 18.1 Å². The van der Waals surface area contributed by atoms with Crippen LogP contribution in [-0.2, 0) is 14.8 Å². The van der Waals surface area contributed by atoms with E-state index in [1.54, 1.807) is 42.5 Å². The fraction of sp³-hybridized carbons (Fsp3) is 0.364. The number of ether oxygens (including phenoxy) is 1. The van der Waals surface area contributed by atoms with Crippen LogP contribution in [-0.4, -0.2) is 43.5 Å². The predicted molar refractivity (Wildman–Crippen MR) is 120 cm³/mol. The standard InChI is InChI=1S/C22H27N3O5S/c1-22(2,3)21(27)25-18(16-10-7-11-19(30-4)20(16)26)13-17(23-25)14-8-6-9-15(12-14)24-31(5,28)29/h6-12,18,24,26H,13H2,1-5H3. The molecule has 166 valence electrons. The lowest BCUT2D eigenvalue weighted by atomic mass is 9.92. The van der Waals surface area contributed by atoms with Gasteiger partial charge in [-0.05, 0) is 23.8 Å². The number of hydrogen-bond acceptors (Lipinski definition) is 6. The molecule has 1 amide bonds. The first kappa shape index (κ1) is 22.6. The van der Waals surface area contributed by atoms with E-state index < -0.39 is 21.5 Å². The molecule has 0 spiro atoms. The van der Waals surface area contributed by atoms with Gasteiger partial charge in [-0.1, -0.05) is 45.0 Å². The fourth-order valence-electron chi connectivity index (χ4n) is 3.41. The molecule has 8 nitrogen and oxygen atoms in total. The minimum absolute atomic E-state index is 0.0364. The molecule has 0 aromatic heterocycles. The second-order valence-corrected chi connectivity index (χ2v) is 10.3. The third-order valence-corrected chi connectivity index (χ3v) is 5.47. The van der Waals surface area contributed by atoms with Crippen molar-refractivity contribution in [3.05, 3.63) is 53.6 Å². The Morgan fingerprint density at radius 2 is 1.90 bits per heavy atom. The molecule has 1 unspecified atom stereocenters. The maximum absolute atomic E-state index is 13.2. The van der Waals surface area contributed by atoms with E-state index in [4.69, 9.17) is 4.74 Å². The molecular formula is C22H27N3O5S. The van der Waals surface area contributed by atoms with Gasteiger partial charge in [-0.25, -0.2) is 13.4 Å². The number of hydrazone groups is 1. The molecule has 1 aliphatic rings. The highest BCUT2D eigenvalue weighted by Gasteiger charge is 2.39. The Labute approximate surface area is 182 Å². The molecule has 3 rings (SSSR count). The predicted octanol–water partition coefficient (Wildman–Crippen LogP) is 3.50. The van der Waals surface area contributed by atoms with Crippen molar-refractivity contribution in [2.24, 2.45) is 10.5 Å². The normalized spacial score (nSPS) is 16.7. The van der Waals surface area contributed by atoms with Gasteiger partial charge in [0.2, 0.25) is 15.9 Å². The summed E-state index contributed by atoms with van der Waals surface area (Å²) < 4.78 is 30.8. The number of aromatic hydroxyl groups is 1. The molecule has 2 aromatic rings. The average Bonchev–Trinajstić information content (AvgIpc) is 3.10. The van der Waals surface area contributed by atoms with Crippen molar-refractivity contribution < 1.29 is 23.1 Å². The largest absolute Gasteiger partial charge is 0.504 e. The highest BCUT2D eigenvalue weighted by atomic mass is 32.2. The number of carbonyl (C=O) groups excluding carboxylic acids is 1. The molecule has 0 aliphatic carbocycles. The Bertz CT molecular complexity index is 1140. The van der Waals surface area contributed by atoms with Crippen LogP contribution < -0.4 is 9.46 Å². The van der Waals surface area contributed by atoms with Gasteiger partial charge >= 0.3 is 0 Å². The number of nitrogens with zero attached hydrogens (tertiary/aromatic N) is 2. The molecule has 0 fully saturated rings. The zero-order valence-electron chi connectivity index (χ0n) is 18.2. The highest BCUT2D eigenvalue weighted by molar-refractivity contribution is 7.92. The van der Waals surface area contributed by atoms with E-state index in [1.807, 2.05) is 20.8 Å². The van der Waals surface area contributed by atoms with Gasteiger partial charge in [0.25, 0.3) is 0 Å². The Morgan fingerprint density at radius 3 is 2.52 bits per heavy atom. The summed E-state index contributed by atoms with van der Waals surface area (Å²) in [6.45, 7) is 5.42. The molecule has 0 saturated heterocycles. The van der Waals surface area contributed by atoms with Crippen LogP contribution in [0.1, 0.15) is 44.4 Å². The lowest BCUT2D eigenvalue weighted by Gasteiger charge is -2.28. The van der Waals surface area contributed by atoms with Crippen molar-refractivity contribution in [3.63, 3.8) is 0 Å². The molecule has 0 radical (unpaired) electrons. The summed E-state index contributed by atoms with van der Waals surface area (Å²) in [5, 5.41) is 16.7. The van der Waals surface area contributed by atoms with Gasteiger partial charge in [-0.3, -0.25) is 9.52 Å². The Balaban J connectivity index is 2.05. The molecule has 0 saturated carbocycles. The molecule has 9 heteroatoms. The van der Waals surface area contributed by atoms with Crippen LogP contribution in [0.3, 0.4) is 0 Å². The van der Waals surface area contributed by atoms with Crippen molar-refractivity contribution in [2.45, 2.75) is 33.2 Å². The van der Waals surface area contributed by atoms with Gasteiger partial charge in [0.15, 0.2) is 11.5 Å². The molecule has 1 heterocycles. The number of sulfonamides is 1. The van der Waals surface area contributed by atoms with Crippen LogP contribution in [0.2, 0.25) is 0 Å². The van der Waals surface area contributed by atoms with Crippen LogP contribution in [0.15, 0.2) is 47.6 Å². The van der Waals surface area contributed by atoms with Crippen LogP contribution in [0.4, 0.5) is 5.69 Å². The lowest BCUT2D eigenvalue weighted by Crippen LogP contribution is -2.36. The Morgan fingerprint density at radius 1 is 1.23 bits per heavy atom. The van der Waals surface area contributed by atoms with Crippen LogP contribution in [0.5, 0.6) is 11.5 Å². The number of para-hydroxylation sites is 1. The first-order valence-electron chi connectivity index (χ1n) is 9.76.